The number of aromatic nitrogens is 2. The summed E-state index contributed by atoms with van der Waals surface area (Å²) < 4.78 is 1.70. The largest absolute Gasteiger partial charge is 0.265 e. The van der Waals surface area contributed by atoms with Gasteiger partial charge in [0.05, 0.1) is 0 Å². The molecule has 0 aliphatic heterocycles. The average Bonchev–Trinajstić information content (AvgIpc) is 2.70. The van der Waals surface area contributed by atoms with Gasteiger partial charge in [-0.1, -0.05) is 11.6 Å². The van der Waals surface area contributed by atoms with Gasteiger partial charge in [0.2, 0.25) is 0 Å². The van der Waals surface area contributed by atoms with Gasteiger partial charge in [0.25, 0.3) is 0 Å². The predicted molar refractivity (Wildman–Crippen MR) is 56.0 cm³/mol. The summed E-state index contributed by atoms with van der Waals surface area (Å²) in [7, 11) is 0. The maximum atomic E-state index is 5.75. The van der Waals surface area contributed by atoms with E-state index in [1.807, 2.05) is 24.3 Å². The number of imidazole rings is 1. The summed E-state index contributed by atoms with van der Waals surface area (Å²) in [6, 6.07) is 10.3. The number of hydrogen-bond donors (Lipinski definition) is 0. The van der Waals surface area contributed by atoms with E-state index >= 15 is 0 Å². The van der Waals surface area contributed by atoms with Crippen LogP contribution in [-0.4, -0.2) is 9.55 Å². The second-order valence-electron chi connectivity index (χ2n) is 2.71. The Bertz CT molecular complexity index is 460. The van der Waals surface area contributed by atoms with Gasteiger partial charge in [-0.05, 0) is 30.2 Å². The summed E-state index contributed by atoms with van der Waals surface area (Å²) in [6.07, 6.45) is 5.14. The van der Waals surface area contributed by atoms with Crippen molar-refractivity contribution in [2.45, 2.75) is 0 Å². The van der Waals surface area contributed by atoms with Gasteiger partial charge >= 0.3 is 0 Å². The summed E-state index contributed by atoms with van der Waals surface area (Å²) in [4.78, 5) is 3.89. The molecule has 0 bridgehead atoms. The SMILES string of the molecule is Clc1ccc(C#Cn2ccnc2)cc1. The zero-order valence-electron chi connectivity index (χ0n) is 7.31. The minimum Gasteiger partial charge on any atom is -0.265 e. The maximum Gasteiger partial charge on any atom is 0.106 e. The van der Waals surface area contributed by atoms with Gasteiger partial charge < -0.3 is 0 Å². The molecule has 0 aliphatic rings. The first kappa shape index (κ1) is 8.86. The Kier molecular flexibility index (Phi) is 2.53. The van der Waals surface area contributed by atoms with E-state index in [2.05, 4.69) is 16.9 Å². The van der Waals surface area contributed by atoms with E-state index in [1.165, 1.54) is 0 Å². The third-order valence-electron chi connectivity index (χ3n) is 1.68. The highest BCUT2D eigenvalue weighted by Crippen LogP contribution is 2.08. The molecule has 0 amide bonds. The lowest BCUT2D eigenvalue weighted by molar-refractivity contribution is 1.11. The van der Waals surface area contributed by atoms with E-state index in [-0.39, 0.29) is 0 Å². The van der Waals surface area contributed by atoms with Gasteiger partial charge in [-0.15, -0.1) is 0 Å². The molecule has 0 unspecified atom stereocenters. The van der Waals surface area contributed by atoms with Gasteiger partial charge in [0.1, 0.15) is 6.33 Å². The van der Waals surface area contributed by atoms with E-state index in [1.54, 1.807) is 23.3 Å². The molecule has 14 heavy (non-hydrogen) atoms. The van der Waals surface area contributed by atoms with Crippen LogP contribution < -0.4 is 0 Å². The normalized spacial score (nSPS) is 9.21. The zero-order valence-corrected chi connectivity index (χ0v) is 8.07. The minimum atomic E-state index is 0.721. The fourth-order valence-corrected chi connectivity index (χ4v) is 1.11. The lowest BCUT2D eigenvalue weighted by atomic mass is 10.2. The molecule has 68 valence electrons. The van der Waals surface area contributed by atoms with Crippen molar-refractivity contribution in [3.8, 4) is 12.0 Å². The molecule has 1 aromatic carbocycles. The van der Waals surface area contributed by atoms with Crippen LogP contribution in [0, 0.1) is 12.0 Å². The van der Waals surface area contributed by atoms with Gasteiger partial charge in [0, 0.05) is 29.0 Å². The Morgan fingerprint density at radius 3 is 2.64 bits per heavy atom. The van der Waals surface area contributed by atoms with Crippen LogP contribution in [-0.2, 0) is 0 Å². The first-order valence-corrected chi connectivity index (χ1v) is 4.48. The number of halogens is 1. The lowest BCUT2D eigenvalue weighted by Gasteiger charge is -1.89. The number of benzene rings is 1. The van der Waals surface area contributed by atoms with E-state index in [0.717, 1.165) is 10.6 Å². The van der Waals surface area contributed by atoms with Gasteiger partial charge in [0.15, 0.2) is 0 Å². The van der Waals surface area contributed by atoms with E-state index < -0.39 is 0 Å². The highest BCUT2D eigenvalue weighted by atomic mass is 35.5. The molecule has 0 saturated carbocycles. The third kappa shape index (κ3) is 2.15. The highest BCUT2D eigenvalue weighted by molar-refractivity contribution is 6.30. The summed E-state index contributed by atoms with van der Waals surface area (Å²) >= 11 is 5.75. The van der Waals surface area contributed by atoms with Crippen LogP contribution in [0.15, 0.2) is 43.0 Å². The van der Waals surface area contributed by atoms with Gasteiger partial charge in [-0.2, -0.15) is 0 Å². The van der Waals surface area contributed by atoms with Gasteiger partial charge in [-0.25, -0.2) is 4.98 Å². The summed E-state index contributed by atoms with van der Waals surface area (Å²) in [6.45, 7) is 0. The van der Waals surface area contributed by atoms with Crippen LogP contribution >= 0.6 is 11.6 Å². The standard InChI is InChI=1S/C11H7ClN2/c12-11-3-1-10(2-4-11)5-7-14-8-6-13-9-14/h1-4,6,8-9H. The molecule has 0 atom stereocenters. The van der Waals surface area contributed by atoms with Crippen molar-refractivity contribution in [1.29, 1.82) is 0 Å². The van der Waals surface area contributed by atoms with Crippen molar-refractivity contribution in [3.05, 3.63) is 53.6 Å². The molecule has 0 aliphatic carbocycles. The minimum absolute atomic E-state index is 0.721. The van der Waals surface area contributed by atoms with Crippen molar-refractivity contribution >= 4 is 11.6 Å². The Balaban J connectivity index is 2.22. The monoisotopic (exact) mass is 202 g/mol. The number of rotatable bonds is 0. The highest BCUT2D eigenvalue weighted by Gasteiger charge is 1.87. The fourth-order valence-electron chi connectivity index (χ4n) is 0.988. The van der Waals surface area contributed by atoms with Crippen LogP contribution in [0.4, 0.5) is 0 Å². The van der Waals surface area contributed by atoms with Crippen molar-refractivity contribution in [2.24, 2.45) is 0 Å². The Labute approximate surface area is 87.2 Å². The molecule has 0 spiro atoms. The van der Waals surface area contributed by atoms with Crippen molar-refractivity contribution in [3.63, 3.8) is 0 Å². The van der Waals surface area contributed by atoms with E-state index in [0.29, 0.717) is 0 Å². The van der Waals surface area contributed by atoms with Crippen molar-refractivity contribution in [2.75, 3.05) is 0 Å². The van der Waals surface area contributed by atoms with Crippen LogP contribution in [0.5, 0.6) is 0 Å². The molecule has 3 heteroatoms. The Morgan fingerprint density at radius 2 is 2.00 bits per heavy atom. The molecule has 0 N–H and O–H groups in total. The van der Waals surface area contributed by atoms with Gasteiger partial charge in [-0.3, -0.25) is 4.57 Å². The van der Waals surface area contributed by atoms with Crippen LogP contribution in [0.1, 0.15) is 5.56 Å². The quantitative estimate of drug-likeness (QED) is 0.600. The van der Waals surface area contributed by atoms with Crippen molar-refractivity contribution in [1.82, 2.24) is 9.55 Å². The molecule has 0 radical (unpaired) electrons. The van der Waals surface area contributed by atoms with E-state index in [9.17, 15) is 0 Å². The van der Waals surface area contributed by atoms with Crippen LogP contribution in [0.25, 0.3) is 0 Å². The number of hydrogen-bond acceptors (Lipinski definition) is 1. The smallest absolute Gasteiger partial charge is 0.106 e. The van der Waals surface area contributed by atoms with E-state index in [4.69, 9.17) is 11.6 Å². The third-order valence-corrected chi connectivity index (χ3v) is 1.93. The molecular weight excluding hydrogens is 196 g/mol. The van der Waals surface area contributed by atoms with Crippen LogP contribution in [0.2, 0.25) is 5.02 Å². The molecule has 2 rings (SSSR count). The molecule has 0 fully saturated rings. The fraction of sp³-hybridized carbons (Fsp3) is 0. The molecule has 1 heterocycles. The second-order valence-corrected chi connectivity index (χ2v) is 3.15. The van der Waals surface area contributed by atoms with Crippen LogP contribution in [0.3, 0.4) is 0 Å². The Hall–Kier alpha value is -1.72. The topological polar surface area (TPSA) is 17.8 Å². The summed E-state index contributed by atoms with van der Waals surface area (Å²) in [5.41, 5.74) is 0.933. The van der Waals surface area contributed by atoms with Crippen molar-refractivity contribution < 1.29 is 0 Å². The Morgan fingerprint density at radius 1 is 1.21 bits per heavy atom. The zero-order chi connectivity index (χ0) is 9.80. The molecule has 1 aromatic heterocycles. The average molecular weight is 203 g/mol. The summed E-state index contributed by atoms with van der Waals surface area (Å²) in [5, 5.41) is 0.721. The molecule has 2 aromatic rings. The first-order chi connectivity index (χ1) is 6.84. The first-order valence-electron chi connectivity index (χ1n) is 4.10. The maximum absolute atomic E-state index is 5.75. The summed E-state index contributed by atoms with van der Waals surface area (Å²) in [5.74, 6) is 2.99. The molecule has 2 nitrogen and oxygen atoms in total. The molecule has 0 saturated heterocycles. The lowest BCUT2D eigenvalue weighted by Crippen LogP contribution is -1.81. The number of nitrogens with zero attached hydrogens (tertiary/aromatic N) is 2. The second kappa shape index (κ2) is 3.99. The molecular formula is C11H7ClN2. The predicted octanol–water partition coefficient (Wildman–Crippen LogP) is 2.39.